The molecule has 3 N–H and O–H groups in total. The molecule has 0 aromatic carbocycles. The standard InChI is InChI=1S/C10H19N5/c1-7(2)12-10-14-13-9(6-11)15(10)8-4-3-5-8/h7-8H,3-6,11H2,1-2H3,(H,12,14). The number of nitrogens with zero attached hydrogens (tertiary/aromatic N) is 3. The fourth-order valence-electron chi connectivity index (χ4n) is 1.85. The van der Waals surface area contributed by atoms with Gasteiger partial charge < -0.3 is 11.1 Å². The highest BCUT2D eigenvalue weighted by molar-refractivity contribution is 5.28. The first-order valence-corrected chi connectivity index (χ1v) is 5.62. The van der Waals surface area contributed by atoms with E-state index in [1.807, 2.05) is 0 Å². The highest BCUT2D eigenvalue weighted by atomic mass is 15.4. The van der Waals surface area contributed by atoms with Crippen LogP contribution in [0.1, 0.15) is 45.0 Å². The molecule has 0 bridgehead atoms. The maximum Gasteiger partial charge on any atom is 0.225 e. The molecule has 0 amide bonds. The van der Waals surface area contributed by atoms with Crippen LogP contribution in [0.5, 0.6) is 0 Å². The van der Waals surface area contributed by atoms with Gasteiger partial charge >= 0.3 is 0 Å². The Labute approximate surface area is 90.1 Å². The summed E-state index contributed by atoms with van der Waals surface area (Å²) in [5.74, 6) is 1.76. The molecule has 0 spiro atoms. The van der Waals surface area contributed by atoms with Crippen molar-refractivity contribution in [3.63, 3.8) is 0 Å². The van der Waals surface area contributed by atoms with Crippen LogP contribution in [0.2, 0.25) is 0 Å². The monoisotopic (exact) mass is 209 g/mol. The van der Waals surface area contributed by atoms with Crippen LogP contribution in [0.25, 0.3) is 0 Å². The molecule has 5 heteroatoms. The van der Waals surface area contributed by atoms with E-state index in [4.69, 9.17) is 5.73 Å². The van der Waals surface area contributed by atoms with Crippen molar-refractivity contribution >= 4 is 5.95 Å². The third kappa shape index (κ3) is 1.97. The van der Waals surface area contributed by atoms with E-state index in [1.165, 1.54) is 19.3 Å². The Morgan fingerprint density at radius 1 is 1.47 bits per heavy atom. The second kappa shape index (κ2) is 4.18. The van der Waals surface area contributed by atoms with E-state index in [0.717, 1.165) is 11.8 Å². The lowest BCUT2D eigenvalue weighted by Gasteiger charge is -2.29. The number of anilines is 1. The summed E-state index contributed by atoms with van der Waals surface area (Å²) in [6, 6.07) is 0.929. The van der Waals surface area contributed by atoms with Gasteiger partial charge in [-0.15, -0.1) is 10.2 Å². The number of rotatable bonds is 4. The average Bonchev–Trinajstić information content (AvgIpc) is 2.45. The molecule has 1 aliphatic carbocycles. The maximum atomic E-state index is 5.66. The molecule has 1 fully saturated rings. The number of aromatic nitrogens is 3. The molecule has 5 nitrogen and oxygen atoms in total. The van der Waals surface area contributed by atoms with E-state index < -0.39 is 0 Å². The summed E-state index contributed by atoms with van der Waals surface area (Å²) >= 11 is 0. The van der Waals surface area contributed by atoms with Crippen molar-refractivity contribution in [1.82, 2.24) is 14.8 Å². The predicted octanol–water partition coefficient (Wildman–Crippen LogP) is 1.28. The minimum Gasteiger partial charge on any atom is -0.352 e. The summed E-state index contributed by atoms with van der Waals surface area (Å²) in [6.07, 6.45) is 3.74. The number of nitrogens with two attached hydrogens (primary N) is 1. The zero-order valence-electron chi connectivity index (χ0n) is 9.40. The number of hydrogen-bond acceptors (Lipinski definition) is 4. The smallest absolute Gasteiger partial charge is 0.225 e. The predicted molar refractivity (Wildman–Crippen MR) is 59.6 cm³/mol. The van der Waals surface area contributed by atoms with Gasteiger partial charge in [-0.25, -0.2) is 0 Å². The Bertz CT molecular complexity index is 327. The quantitative estimate of drug-likeness (QED) is 0.784. The summed E-state index contributed by atoms with van der Waals surface area (Å²) in [5.41, 5.74) is 5.66. The molecule has 0 aliphatic heterocycles. The first-order valence-electron chi connectivity index (χ1n) is 5.62. The van der Waals surface area contributed by atoms with Gasteiger partial charge in [0.15, 0.2) is 0 Å². The van der Waals surface area contributed by atoms with Gasteiger partial charge in [0.05, 0.1) is 6.54 Å². The van der Waals surface area contributed by atoms with Crippen molar-refractivity contribution in [2.75, 3.05) is 5.32 Å². The first-order chi connectivity index (χ1) is 7.22. The second-order valence-electron chi connectivity index (χ2n) is 4.40. The van der Waals surface area contributed by atoms with Crippen LogP contribution < -0.4 is 11.1 Å². The Hall–Kier alpha value is -1.10. The molecular weight excluding hydrogens is 190 g/mol. The van der Waals surface area contributed by atoms with Crippen LogP contribution in [0.3, 0.4) is 0 Å². The van der Waals surface area contributed by atoms with Crippen LogP contribution >= 0.6 is 0 Å². The molecule has 0 atom stereocenters. The van der Waals surface area contributed by atoms with Crippen molar-refractivity contribution in [2.45, 2.75) is 51.7 Å². The molecule has 0 saturated heterocycles. The van der Waals surface area contributed by atoms with Crippen LogP contribution in [0.15, 0.2) is 0 Å². The first kappa shape index (κ1) is 10.4. The Morgan fingerprint density at radius 2 is 2.20 bits per heavy atom. The third-order valence-corrected chi connectivity index (χ3v) is 2.81. The molecule has 2 rings (SSSR count). The summed E-state index contributed by atoms with van der Waals surface area (Å²) in [4.78, 5) is 0. The van der Waals surface area contributed by atoms with Gasteiger partial charge in [0.1, 0.15) is 5.82 Å². The van der Waals surface area contributed by atoms with Crippen molar-refractivity contribution in [1.29, 1.82) is 0 Å². The van der Waals surface area contributed by atoms with Gasteiger partial charge in [0.2, 0.25) is 5.95 Å². The minimum absolute atomic E-state index is 0.374. The van der Waals surface area contributed by atoms with Gasteiger partial charge in [-0.2, -0.15) is 0 Å². The van der Waals surface area contributed by atoms with E-state index >= 15 is 0 Å². The Morgan fingerprint density at radius 3 is 2.67 bits per heavy atom. The largest absolute Gasteiger partial charge is 0.352 e. The lowest BCUT2D eigenvalue weighted by Crippen LogP contribution is -2.24. The molecule has 0 unspecified atom stereocenters. The maximum absolute atomic E-state index is 5.66. The Balaban J connectivity index is 2.24. The highest BCUT2D eigenvalue weighted by Gasteiger charge is 2.25. The fourth-order valence-corrected chi connectivity index (χ4v) is 1.85. The van der Waals surface area contributed by atoms with Gasteiger partial charge in [0.25, 0.3) is 0 Å². The zero-order chi connectivity index (χ0) is 10.8. The fraction of sp³-hybridized carbons (Fsp3) is 0.800. The van der Waals surface area contributed by atoms with E-state index in [2.05, 4.69) is 33.9 Å². The van der Waals surface area contributed by atoms with Crippen molar-refractivity contribution in [3.8, 4) is 0 Å². The summed E-state index contributed by atoms with van der Waals surface area (Å²) in [6.45, 7) is 4.66. The SMILES string of the molecule is CC(C)Nc1nnc(CN)n1C1CCC1. The van der Waals surface area contributed by atoms with E-state index in [9.17, 15) is 0 Å². The summed E-state index contributed by atoms with van der Waals surface area (Å²) in [5, 5.41) is 11.6. The molecule has 1 heterocycles. The molecule has 1 aromatic rings. The van der Waals surface area contributed by atoms with Crippen LogP contribution in [0.4, 0.5) is 5.95 Å². The molecule has 84 valence electrons. The van der Waals surface area contributed by atoms with Gasteiger partial charge in [-0.3, -0.25) is 4.57 Å². The lowest BCUT2D eigenvalue weighted by molar-refractivity contribution is 0.308. The van der Waals surface area contributed by atoms with E-state index in [1.54, 1.807) is 0 Å². The van der Waals surface area contributed by atoms with Gasteiger partial charge in [-0.1, -0.05) is 0 Å². The average molecular weight is 209 g/mol. The van der Waals surface area contributed by atoms with Crippen molar-refractivity contribution in [2.24, 2.45) is 5.73 Å². The van der Waals surface area contributed by atoms with Crippen molar-refractivity contribution in [3.05, 3.63) is 5.82 Å². The summed E-state index contributed by atoms with van der Waals surface area (Å²) < 4.78 is 2.17. The number of nitrogens with one attached hydrogen (secondary N) is 1. The summed E-state index contributed by atoms with van der Waals surface area (Å²) in [7, 11) is 0. The molecular formula is C10H19N5. The van der Waals surface area contributed by atoms with Crippen LogP contribution in [-0.4, -0.2) is 20.8 Å². The zero-order valence-corrected chi connectivity index (χ0v) is 9.40. The van der Waals surface area contributed by atoms with Gasteiger partial charge in [0, 0.05) is 12.1 Å². The minimum atomic E-state index is 0.374. The molecule has 1 saturated carbocycles. The highest BCUT2D eigenvalue weighted by Crippen LogP contribution is 2.34. The molecule has 1 aliphatic rings. The molecule has 15 heavy (non-hydrogen) atoms. The van der Waals surface area contributed by atoms with Crippen molar-refractivity contribution < 1.29 is 0 Å². The van der Waals surface area contributed by atoms with Gasteiger partial charge in [-0.05, 0) is 33.1 Å². The third-order valence-electron chi connectivity index (χ3n) is 2.81. The lowest BCUT2D eigenvalue weighted by atomic mass is 9.93. The normalized spacial score (nSPS) is 16.8. The molecule has 1 aromatic heterocycles. The second-order valence-corrected chi connectivity index (χ2v) is 4.40. The molecule has 0 radical (unpaired) electrons. The van der Waals surface area contributed by atoms with E-state index in [0.29, 0.717) is 18.6 Å². The Kier molecular flexibility index (Phi) is 2.90. The topological polar surface area (TPSA) is 68.8 Å². The van der Waals surface area contributed by atoms with E-state index in [-0.39, 0.29) is 0 Å². The number of hydrogen-bond donors (Lipinski definition) is 2. The van der Waals surface area contributed by atoms with Crippen LogP contribution in [0, 0.1) is 0 Å². The van der Waals surface area contributed by atoms with Crippen LogP contribution in [-0.2, 0) is 6.54 Å².